The summed E-state index contributed by atoms with van der Waals surface area (Å²) in [6, 6.07) is 17.9. The van der Waals surface area contributed by atoms with Gasteiger partial charge in [-0.2, -0.15) is 0 Å². The maximum absolute atomic E-state index is 12.7. The van der Waals surface area contributed by atoms with Crippen LogP contribution >= 0.6 is 11.3 Å². The molecule has 156 valence electrons. The molecular weight excluding hydrogens is 412 g/mol. The minimum Gasteiger partial charge on any atom is -0.440 e. The Bertz CT molecular complexity index is 1210. The number of thiophene rings is 1. The third-order valence-corrected chi connectivity index (χ3v) is 5.62. The molecule has 0 fully saturated rings. The molecule has 0 aliphatic rings. The molecule has 0 aliphatic carbocycles. The van der Waals surface area contributed by atoms with Gasteiger partial charge in [0.05, 0.1) is 4.88 Å². The monoisotopic (exact) mass is 432 g/mol. The van der Waals surface area contributed by atoms with Gasteiger partial charge >= 0.3 is 5.97 Å². The first-order valence-corrected chi connectivity index (χ1v) is 10.5. The summed E-state index contributed by atoms with van der Waals surface area (Å²) in [6.07, 6.45) is 0. The lowest BCUT2D eigenvalue weighted by atomic mass is 10.1. The largest absolute Gasteiger partial charge is 0.440 e. The summed E-state index contributed by atoms with van der Waals surface area (Å²) >= 11 is 1.48. The van der Waals surface area contributed by atoms with E-state index >= 15 is 0 Å². The molecule has 0 spiro atoms. The minimum absolute atomic E-state index is 0.121. The molecule has 0 saturated carbocycles. The van der Waals surface area contributed by atoms with Gasteiger partial charge in [0.2, 0.25) is 5.89 Å². The third kappa shape index (κ3) is 4.41. The molecule has 4 aromatic rings. The van der Waals surface area contributed by atoms with Crippen LogP contribution in [0.1, 0.15) is 32.2 Å². The van der Waals surface area contributed by atoms with E-state index in [1.807, 2.05) is 36.6 Å². The number of nitrogens with zero attached hydrogens (tertiary/aromatic N) is 2. The van der Waals surface area contributed by atoms with E-state index in [9.17, 15) is 9.59 Å². The van der Waals surface area contributed by atoms with E-state index in [2.05, 4.69) is 4.98 Å². The molecule has 0 radical (unpaired) electrons. The molecule has 6 nitrogen and oxygen atoms in total. The van der Waals surface area contributed by atoms with Crippen molar-refractivity contribution < 1.29 is 18.7 Å². The number of hydrogen-bond acceptors (Lipinski definition) is 6. The fraction of sp³-hybridized carbons (Fsp3) is 0.125. The molecule has 2 aromatic carbocycles. The van der Waals surface area contributed by atoms with E-state index in [1.165, 1.54) is 11.3 Å². The van der Waals surface area contributed by atoms with Crippen LogP contribution < -0.4 is 9.64 Å². The first kappa shape index (κ1) is 20.6. The number of hydrogen-bond donors (Lipinski definition) is 0. The van der Waals surface area contributed by atoms with Crippen LogP contribution in [0.25, 0.3) is 10.8 Å². The van der Waals surface area contributed by atoms with E-state index in [1.54, 1.807) is 55.3 Å². The van der Waals surface area contributed by atoms with Crippen molar-refractivity contribution in [2.75, 3.05) is 11.9 Å². The first-order valence-electron chi connectivity index (χ1n) is 9.60. The summed E-state index contributed by atoms with van der Waals surface area (Å²) in [5.41, 5.74) is 2.52. The molecular formula is C24H20N2O4S. The van der Waals surface area contributed by atoms with E-state index in [0.29, 0.717) is 28.7 Å². The van der Waals surface area contributed by atoms with Crippen LogP contribution in [0.5, 0.6) is 5.75 Å². The number of aromatic nitrogens is 1. The number of ether oxygens (including phenoxy) is 1. The lowest BCUT2D eigenvalue weighted by Gasteiger charge is -2.18. The van der Waals surface area contributed by atoms with Crippen LogP contribution in [0.2, 0.25) is 0 Å². The second-order valence-electron chi connectivity index (χ2n) is 7.01. The zero-order valence-electron chi connectivity index (χ0n) is 17.3. The number of aryl methyl sites for hydroxylation is 2. The molecule has 0 N–H and O–H groups in total. The zero-order valence-corrected chi connectivity index (χ0v) is 18.1. The normalized spacial score (nSPS) is 10.7. The third-order valence-electron chi connectivity index (χ3n) is 4.76. The highest BCUT2D eigenvalue weighted by Crippen LogP contribution is 2.27. The Morgan fingerprint density at radius 2 is 1.71 bits per heavy atom. The number of benzene rings is 2. The van der Waals surface area contributed by atoms with Gasteiger partial charge in [0.1, 0.15) is 11.5 Å². The lowest BCUT2D eigenvalue weighted by Crippen LogP contribution is -2.26. The van der Waals surface area contributed by atoms with Crippen LogP contribution in [0.3, 0.4) is 0 Å². The smallest absolute Gasteiger partial charge is 0.366 e. The van der Waals surface area contributed by atoms with Gasteiger partial charge in [-0.3, -0.25) is 4.79 Å². The molecule has 0 unspecified atom stereocenters. The first-order chi connectivity index (χ1) is 14.9. The summed E-state index contributed by atoms with van der Waals surface area (Å²) in [7, 11) is 1.70. The second kappa shape index (κ2) is 8.57. The van der Waals surface area contributed by atoms with Crippen molar-refractivity contribution in [2.45, 2.75) is 13.8 Å². The fourth-order valence-corrected chi connectivity index (χ4v) is 3.64. The summed E-state index contributed by atoms with van der Waals surface area (Å²) in [6.45, 7) is 3.65. The highest BCUT2D eigenvalue weighted by atomic mass is 32.1. The Labute approximate surface area is 183 Å². The molecule has 7 heteroatoms. The standard InChI is InChI=1S/C24H20N2O4S/c1-15-6-8-17(9-7-15)23(27)26(3)18-10-12-19(13-11-18)30-24(28)21-16(2)29-22(25-21)20-5-4-14-31-20/h4-14H,1-3H3. The summed E-state index contributed by atoms with van der Waals surface area (Å²) in [5.74, 6) is 0.425. The van der Waals surface area contributed by atoms with Crippen molar-refractivity contribution in [3.05, 3.63) is 88.6 Å². The van der Waals surface area contributed by atoms with Crippen LogP contribution in [-0.4, -0.2) is 23.9 Å². The quantitative estimate of drug-likeness (QED) is 0.307. The molecule has 1 amide bonds. The zero-order chi connectivity index (χ0) is 22.0. The molecule has 0 aliphatic heterocycles. The number of oxazole rings is 1. The highest BCUT2D eigenvalue weighted by Gasteiger charge is 2.21. The van der Waals surface area contributed by atoms with Gasteiger partial charge in [-0.1, -0.05) is 23.8 Å². The number of rotatable bonds is 5. The topological polar surface area (TPSA) is 72.6 Å². The Morgan fingerprint density at radius 1 is 1.00 bits per heavy atom. The average molecular weight is 433 g/mol. The minimum atomic E-state index is -0.596. The predicted octanol–water partition coefficient (Wildman–Crippen LogP) is 5.52. The average Bonchev–Trinajstić information content (AvgIpc) is 3.43. The number of anilines is 1. The lowest BCUT2D eigenvalue weighted by molar-refractivity contribution is 0.0727. The van der Waals surface area contributed by atoms with Crippen molar-refractivity contribution in [3.63, 3.8) is 0 Å². The molecule has 4 rings (SSSR count). The number of esters is 1. The van der Waals surface area contributed by atoms with Gasteiger partial charge in [0.15, 0.2) is 5.69 Å². The van der Waals surface area contributed by atoms with Gasteiger partial charge in [-0.15, -0.1) is 11.3 Å². The van der Waals surface area contributed by atoms with E-state index < -0.39 is 5.97 Å². The SMILES string of the molecule is Cc1ccc(C(=O)N(C)c2ccc(OC(=O)c3nc(-c4cccs4)oc3C)cc2)cc1. The van der Waals surface area contributed by atoms with Gasteiger partial charge in [-0.05, 0) is 61.7 Å². The second-order valence-corrected chi connectivity index (χ2v) is 7.96. The van der Waals surface area contributed by atoms with Crippen LogP contribution in [0, 0.1) is 13.8 Å². The molecule has 2 heterocycles. The molecule has 0 bridgehead atoms. The van der Waals surface area contributed by atoms with Crippen molar-refractivity contribution in [3.8, 4) is 16.5 Å². The fourth-order valence-electron chi connectivity index (χ4n) is 2.99. The van der Waals surface area contributed by atoms with Crippen molar-refractivity contribution >= 4 is 28.9 Å². The van der Waals surface area contributed by atoms with E-state index in [-0.39, 0.29) is 11.6 Å². The van der Waals surface area contributed by atoms with Crippen molar-refractivity contribution in [2.24, 2.45) is 0 Å². The van der Waals surface area contributed by atoms with Gasteiger partial charge in [0, 0.05) is 18.3 Å². The van der Waals surface area contributed by atoms with E-state index in [4.69, 9.17) is 9.15 Å². The molecule has 2 aromatic heterocycles. The summed E-state index contributed by atoms with van der Waals surface area (Å²) < 4.78 is 11.0. The van der Waals surface area contributed by atoms with Gasteiger partial charge in [-0.25, -0.2) is 9.78 Å². The predicted molar refractivity (Wildman–Crippen MR) is 120 cm³/mol. The van der Waals surface area contributed by atoms with Gasteiger partial charge < -0.3 is 14.1 Å². The van der Waals surface area contributed by atoms with Crippen LogP contribution in [0.4, 0.5) is 5.69 Å². The number of carbonyl (C=O) groups is 2. The van der Waals surface area contributed by atoms with Crippen molar-refractivity contribution in [1.29, 1.82) is 0 Å². The Hall–Kier alpha value is -3.71. The maximum atomic E-state index is 12.7. The highest BCUT2D eigenvalue weighted by molar-refractivity contribution is 7.13. The van der Waals surface area contributed by atoms with Gasteiger partial charge in [0.25, 0.3) is 5.91 Å². The Morgan fingerprint density at radius 3 is 2.35 bits per heavy atom. The number of carbonyl (C=O) groups excluding carboxylic acids is 2. The Balaban J connectivity index is 1.45. The van der Waals surface area contributed by atoms with E-state index in [0.717, 1.165) is 10.4 Å². The molecule has 31 heavy (non-hydrogen) atoms. The maximum Gasteiger partial charge on any atom is 0.366 e. The Kier molecular flexibility index (Phi) is 5.68. The van der Waals surface area contributed by atoms with Crippen molar-refractivity contribution in [1.82, 2.24) is 4.98 Å². The summed E-state index contributed by atoms with van der Waals surface area (Å²) in [4.78, 5) is 31.9. The van der Waals surface area contributed by atoms with Crippen LogP contribution in [-0.2, 0) is 0 Å². The number of amides is 1. The molecule has 0 saturated heterocycles. The van der Waals surface area contributed by atoms with Crippen LogP contribution in [0.15, 0.2) is 70.5 Å². The summed E-state index contributed by atoms with van der Waals surface area (Å²) in [5, 5.41) is 1.91. The molecule has 0 atom stereocenters.